The second-order valence-corrected chi connectivity index (χ2v) is 13.7. The molecular formula is C40H53N3O10. The van der Waals surface area contributed by atoms with Crippen molar-refractivity contribution < 1.29 is 48.0 Å². The molecule has 2 amide bonds. The van der Waals surface area contributed by atoms with Gasteiger partial charge in [-0.25, -0.2) is 19.2 Å². The molecular weight excluding hydrogens is 682 g/mol. The van der Waals surface area contributed by atoms with Crippen LogP contribution in [0.4, 0.5) is 9.59 Å². The number of aliphatic carboxylic acids is 1. The number of nitrogens with one attached hydrogen (secondary N) is 2. The van der Waals surface area contributed by atoms with E-state index in [1.54, 1.807) is 73.6 Å². The van der Waals surface area contributed by atoms with Crippen LogP contribution in [-0.4, -0.2) is 64.5 Å². The zero-order valence-corrected chi connectivity index (χ0v) is 31.0. The van der Waals surface area contributed by atoms with Crippen LogP contribution in [0.5, 0.6) is 11.5 Å². The van der Waals surface area contributed by atoms with E-state index in [0.717, 1.165) is 21.5 Å². The Balaban J connectivity index is 0.000000413. The summed E-state index contributed by atoms with van der Waals surface area (Å²) in [6.45, 7) is 14.9. The van der Waals surface area contributed by atoms with E-state index in [2.05, 4.69) is 10.6 Å². The first-order chi connectivity index (χ1) is 24.1. The van der Waals surface area contributed by atoms with Crippen molar-refractivity contribution in [3.63, 3.8) is 0 Å². The third kappa shape index (κ3) is 17.4. The molecule has 4 rings (SSSR count). The van der Waals surface area contributed by atoms with Crippen LogP contribution in [0.1, 0.15) is 69.7 Å². The number of carbonyl (C=O) groups excluding carboxylic acids is 4. The molecule has 13 heteroatoms. The Hall–Kier alpha value is -5.69. The van der Waals surface area contributed by atoms with Crippen molar-refractivity contribution in [2.45, 2.75) is 99.1 Å². The molecule has 0 aliphatic carbocycles. The van der Waals surface area contributed by atoms with E-state index in [1.165, 1.54) is 6.92 Å². The summed E-state index contributed by atoms with van der Waals surface area (Å²) in [5.74, 6) is -1.10. The Morgan fingerprint density at radius 1 is 0.585 bits per heavy atom. The molecule has 0 unspecified atom stereocenters. The minimum Gasteiger partial charge on any atom is -0.480 e. The number of carbonyl (C=O) groups is 5. The highest BCUT2D eigenvalue weighted by Gasteiger charge is 2.23. The summed E-state index contributed by atoms with van der Waals surface area (Å²) in [4.78, 5) is 56.3. The highest BCUT2D eigenvalue weighted by molar-refractivity contribution is 5.87. The number of rotatable bonds is 7. The minimum atomic E-state index is -1.09. The molecule has 0 fully saturated rings. The van der Waals surface area contributed by atoms with E-state index in [1.807, 2.05) is 66.7 Å². The topological polar surface area (TPSA) is 193 Å². The number of alkyl carbamates (subject to hydrolysis) is 2. The Morgan fingerprint density at radius 2 is 0.943 bits per heavy atom. The molecule has 0 heterocycles. The van der Waals surface area contributed by atoms with Crippen molar-refractivity contribution in [2.24, 2.45) is 5.73 Å². The normalized spacial score (nSPS) is 12.4. The van der Waals surface area contributed by atoms with E-state index in [-0.39, 0.29) is 7.43 Å². The number of nitrogens with two attached hydrogens (primary N) is 1. The van der Waals surface area contributed by atoms with Crippen LogP contribution in [0.15, 0.2) is 84.9 Å². The number of esters is 2. The quantitative estimate of drug-likeness (QED) is 0.109. The van der Waals surface area contributed by atoms with Crippen molar-refractivity contribution in [2.75, 3.05) is 0 Å². The number of hydrogen-bond donors (Lipinski definition) is 4. The highest BCUT2D eigenvalue weighted by atomic mass is 16.6. The summed E-state index contributed by atoms with van der Waals surface area (Å²) < 4.78 is 20.4. The van der Waals surface area contributed by atoms with Gasteiger partial charge in [-0.05, 0) is 108 Å². The SMILES string of the molecule is C.C[C@H](N)C(=O)Oc1ccc2ccccc2c1.C[C@H](NC(=O)OC(C)(C)C)C(=O)O.C[C@H](NC(=O)OC(C)(C)C)C(=O)Oc1ccc2ccccc2c1. The third-order valence-corrected chi connectivity index (χ3v) is 6.44. The number of hydrogen-bond acceptors (Lipinski definition) is 10. The summed E-state index contributed by atoms with van der Waals surface area (Å²) in [7, 11) is 0. The van der Waals surface area contributed by atoms with Gasteiger partial charge < -0.3 is 40.4 Å². The van der Waals surface area contributed by atoms with Crippen LogP contribution in [0, 0.1) is 0 Å². The van der Waals surface area contributed by atoms with E-state index in [9.17, 15) is 24.0 Å². The van der Waals surface area contributed by atoms with Gasteiger partial charge in [0.25, 0.3) is 0 Å². The molecule has 4 aromatic rings. The Bertz CT molecular complexity index is 1840. The third-order valence-electron chi connectivity index (χ3n) is 6.44. The van der Waals surface area contributed by atoms with E-state index < -0.39 is 59.4 Å². The van der Waals surface area contributed by atoms with Gasteiger partial charge in [0.05, 0.1) is 0 Å². The molecule has 53 heavy (non-hydrogen) atoms. The Morgan fingerprint density at radius 3 is 1.30 bits per heavy atom. The number of carboxylic acids is 1. The molecule has 288 valence electrons. The van der Waals surface area contributed by atoms with Crippen LogP contribution in [-0.2, 0) is 23.9 Å². The predicted molar refractivity (Wildman–Crippen MR) is 205 cm³/mol. The van der Waals surface area contributed by atoms with Gasteiger partial charge >= 0.3 is 30.1 Å². The van der Waals surface area contributed by atoms with Crippen molar-refractivity contribution in [3.05, 3.63) is 84.9 Å². The molecule has 4 aromatic carbocycles. The van der Waals surface area contributed by atoms with Gasteiger partial charge in [0.1, 0.15) is 40.8 Å². The number of ether oxygens (including phenoxy) is 4. The second-order valence-electron chi connectivity index (χ2n) is 13.7. The molecule has 0 aliphatic rings. The zero-order valence-electron chi connectivity index (χ0n) is 31.0. The van der Waals surface area contributed by atoms with E-state index in [0.29, 0.717) is 11.5 Å². The summed E-state index contributed by atoms with van der Waals surface area (Å²) in [5.41, 5.74) is 4.19. The smallest absolute Gasteiger partial charge is 0.408 e. The second kappa shape index (κ2) is 20.4. The molecule has 0 saturated heterocycles. The molecule has 0 aromatic heterocycles. The van der Waals surface area contributed by atoms with Gasteiger partial charge in [-0.3, -0.25) is 4.79 Å². The fourth-order valence-corrected chi connectivity index (χ4v) is 3.96. The average Bonchev–Trinajstić information content (AvgIpc) is 3.03. The van der Waals surface area contributed by atoms with Gasteiger partial charge in [0.2, 0.25) is 0 Å². The standard InChI is InChI=1S/C18H21NO4.C13H13NO2.C8H15NO4.CH4/c1-12(19-17(21)23-18(2,3)4)16(20)22-15-10-9-13-7-5-6-8-14(13)11-15;1-9(14)13(15)16-12-7-6-10-4-2-3-5-11(10)8-12;1-5(6(10)11)9-7(12)13-8(2,3)4;/h5-12H,1-4H3,(H,19,21);2-9H,14H2,1H3;5H,1-4H3,(H,9,12)(H,10,11);1H4/t12-;9-;5-;/m000./s1. The Kier molecular flexibility index (Phi) is 17.4. The number of carboxylic acid groups (broad SMARTS) is 1. The van der Waals surface area contributed by atoms with Gasteiger partial charge in [-0.15, -0.1) is 0 Å². The van der Waals surface area contributed by atoms with Crippen molar-refractivity contribution in [1.82, 2.24) is 10.6 Å². The predicted octanol–water partition coefficient (Wildman–Crippen LogP) is 7.37. The highest BCUT2D eigenvalue weighted by Crippen LogP contribution is 2.22. The molecule has 0 bridgehead atoms. The summed E-state index contributed by atoms with van der Waals surface area (Å²) in [6.07, 6.45) is -1.37. The summed E-state index contributed by atoms with van der Waals surface area (Å²) >= 11 is 0. The summed E-state index contributed by atoms with van der Waals surface area (Å²) in [6, 6.07) is 24.2. The van der Waals surface area contributed by atoms with Crippen molar-refractivity contribution >= 4 is 51.6 Å². The van der Waals surface area contributed by atoms with Crippen LogP contribution < -0.4 is 25.8 Å². The van der Waals surface area contributed by atoms with Gasteiger partial charge in [0.15, 0.2) is 0 Å². The first kappa shape index (κ1) is 45.3. The molecule has 3 atom stereocenters. The number of amides is 2. The van der Waals surface area contributed by atoms with Gasteiger partial charge in [-0.1, -0.05) is 68.1 Å². The summed E-state index contributed by atoms with van der Waals surface area (Å²) in [5, 5.41) is 17.3. The van der Waals surface area contributed by atoms with E-state index >= 15 is 0 Å². The molecule has 13 nitrogen and oxygen atoms in total. The van der Waals surface area contributed by atoms with E-state index in [4.69, 9.17) is 29.8 Å². The first-order valence-corrected chi connectivity index (χ1v) is 16.5. The molecule has 0 spiro atoms. The number of benzene rings is 4. The van der Waals surface area contributed by atoms with Gasteiger partial charge in [0, 0.05) is 0 Å². The maximum Gasteiger partial charge on any atom is 0.408 e. The molecule has 0 aliphatic heterocycles. The fraction of sp³-hybridized carbons (Fsp3) is 0.375. The molecule has 5 N–H and O–H groups in total. The zero-order chi connectivity index (χ0) is 39.2. The van der Waals surface area contributed by atoms with Gasteiger partial charge in [-0.2, -0.15) is 0 Å². The first-order valence-electron chi connectivity index (χ1n) is 16.5. The van der Waals surface area contributed by atoms with Crippen LogP contribution in [0.2, 0.25) is 0 Å². The van der Waals surface area contributed by atoms with Crippen LogP contribution in [0.3, 0.4) is 0 Å². The molecule has 0 radical (unpaired) electrons. The maximum absolute atomic E-state index is 12.1. The van der Waals surface area contributed by atoms with Crippen LogP contribution >= 0.6 is 0 Å². The Labute approximate surface area is 311 Å². The monoisotopic (exact) mass is 735 g/mol. The lowest BCUT2D eigenvalue weighted by Gasteiger charge is -2.21. The number of fused-ring (bicyclic) bond motifs is 2. The minimum absolute atomic E-state index is 0. The van der Waals surface area contributed by atoms with Crippen molar-refractivity contribution in [3.8, 4) is 11.5 Å². The fourth-order valence-electron chi connectivity index (χ4n) is 3.96. The lowest BCUT2D eigenvalue weighted by molar-refractivity contribution is -0.139. The molecule has 0 saturated carbocycles. The maximum atomic E-state index is 12.1. The lowest BCUT2D eigenvalue weighted by atomic mass is 10.1. The van der Waals surface area contributed by atoms with Crippen LogP contribution in [0.25, 0.3) is 21.5 Å². The average molecular weight is 736 g/mol. The lowest BCUT2D eigenvalue weighted by Crippen LogP contribution is -2.43. The van der Waals surface area contributed by atoms with Crippen molar-refractivity contribution in [1.29, 1.82) is 0 Å². The largest absolute Gasteiger partial charge is 0.480 e.